The molecule has 0 amide bonds. The highest BCUT2D eigenvalue weighted by Gasteiger charge is 2.11. The van der Waals surface area contributed by atoms with Crippen molar-refractivity contribution in [1.82, 2.24) is 20.5 Å². The smallest absolute Gasteiger partial charge is 0.226 e. The van der Waals surface area contributed by atoms with E-state index in [1.54, 1.807) is 6.26 Å². The molecule has 2 N–H and O–H groups in total. The molecule has 0 bridgehead atoms. The SMILES string of the molecule is CCNC(=NCc1ccc(CN2CCOCC2)cc1)NCc1coc(-c2ccc(C)cc2)n1. The van der Waals surface area contributed by atoms with E-state index < -0.39 is 0 Å². The summed E-state index contributed by atoms with van der Waals surface area (Å²) in [5.74, 6) is 1.39. The number of oxazole rings is 1. The Morgan fingerprint density at radius 2 is 1.73 bits per heavy atom. The van der Waals surface area contributed by atoms with Crippen molar-refractivity contribution in [1.29, 1.82) is 0 Å². The van der Waals surface area contributed by atoms with Gasteiger partial charge in [0.25, 0.3) is 0 Å². The van der Waals surface area contributed by atoms with Gasteiger partial charge in [-0.2, -0.15) is 0 Å². The summed E-state index contributed by atoms with van der Waals surface area (Å²) in [6.45, 7) is 10.7. The summed E-state index contributed by atoms with van der Waals surface area (Å²) in [5, 5.41) is 6.64. The summed E-state index contributed by atoms with van der Waals surface area (Å²) in [6.07, 6.45) is 1.69. The van der Waals surface area contributed by atoms with Gasteiger partial charge in [0.2, 0.25) is 5.89 Å². The van der Waals surface area contributed by atoms with Crippen LogP contribution in [-0.4, -0.2) is 48.7 Å². The van der Waals surface area contributed by atoms with Gasteiger partial charge in [0.15, 0.2) is 5.96 Å². The molecule has 1 fully saturated rings. The van der Waals surface area contributed by atoms with Crippen LogP contribution in [0.2, 0.25) is 0 Å². The molecule has 2 aromatic carbocycles. The van der Waals surface area contributed by atoms with Gasteiger partial charge in [0, 0.05) is 31.7 Å². The van der Waals surface area contributed by atoms with Crippen LogP contribution in [0.25, 0.3) is 11.5 Å². The number of hydrogen-bond acceptors (Lipinski definition) is 5. The molecule has 2 heterocycles. The second-order valence-corrected chi connectivity index (χ2v) is 8.26. The van der Waals surface area contributed by atoms with Crippen molar-refractivity contribution < 1.29 is 9.15 Å². The van der Waals surface area contributed by atoms with Crippen LogP contribution in [0.3, 0.4) is 0 Å². The number of hydrogen-bond donors (Lipinski definition) is 2. The average molecular weight is 448 g/mol. The lowest BCUT2D eigenvalue weighted by molar-refractivity contribution is 0.0342. The molecule has 0 saturated carbocycles. The van der Waals surface area contributed by atoms with Crippen molar-refractivity contribution in [3.63, 3.8) is 0 Å². The van der Waals surface area contributed by atoms with Crippen molar-refractivity contribution in [3.8, 4) is 11.5 Å². The van der Waals surface area contributed by atoms with Gasteiger partial charge in [-0.15, -0.1) is 0 Å². The fourth-order valence-corrected chi connectivity index (χ4v) is 3.67. The fraction of sp³-hybridized carbons (Fsp3) is 0.385. The maximum absolute atomic E-state index is 5.66. The van der Waals surface area contributed by atoms with Gasteiger partial charge in [-0.05, 0) is 37.1 Å². The lowest BCUT2D eigenvalue weighted by atomic mass is 10.1. The Labute approximate surface area is 195 Å². The van der Waals surface area contributed by atoms with Crippen molar-refractivity contribution in [2.75, 3.05) is 32.8 Å². The second-order valence-electron chi connectivity index (χ2n) is 8.26. The zero-order chi connectivity index (χ0) is 22.9. The molecule has 0 aliphatic carbocycles. The predicted octanol–water partition coefficient (Wildman–Crippen LogP) is 3.74. The van der Waals surface area contributed by atoms with Crippen LogP contribution < -0.4 is 10.6 Å². The van der Waals surface area contributed by atoms with Crippen LogP contribution in [0.15, 0.2) is 64.2 Å². The number of nitrogens with one attached hydrogen (secondary N) is 2. The summed E-state index contributed by atoms with van der Waals surface area (Å²) >= 11 is 0. The Hall–Kier alpha value is -3.16. The van der Waals surface area contributed by atoms with Crippen molar-refractivity contribution in [3.05, 3.63) is 77.2 Å². The van der Waals surface area contributed by atoms with Gasteiger partial charge in [0.05, 0.1) is 32.0 Å². The van der Waals surface area contributed by atoms with E-state index in [9.17, 15) is 0 Å². The van der Waals surface area contributed by atoms with Gasteiger partial charge >= 0.3 is 0 Å². The molecule has 0 radical (unpaired) electrons. The molecular formula is C26H33N5O2. The molecule has 7 heteroatoms. The molecule has 0 spiro atoms. The van der Waals surface area contributed by atoms with E-state index in [1.807, 2.05) is 12.1 Å². The summed E-state index contributed by atoms with van der Waals surface area (Å²) in [6, 6.07) is 16.9. The number of morpholine rings is 1. The van der Waals surface area contributed by atoms with E-state index in [0.717, 1.165) is 56.6 Å². The number of aryl methyl sites for hydroxylation is 1. The van der Waals surface area contributed by atoms with Crippen molar-refractivity contribution in [2.45, 2.75) is 33.5 Å². The molecule has 1 aromatic heterocycles. The molecule has 1 saturated heterocycles. The van der Waals surface area contributed by atoms with E-state index in [-0.39, 0.29) is 0 Å². The van der Waals surface area contributed by atoms with E-state index in [1.165, 1.54) is 16.7 Å². The Morgan fingerprint density at radius 1 is 1.00 bits per heavy atom. The minimum atomic E-state index is 0.541. The first kappa shape index (κ1) is 23.0. The minimum Gasteiger partial charge on any atom is -0.444 e. The zero-order valence-electron chi connectivity index (χ0n) is 19.5. The number of nitrogens with zero attached hydrogens (tertiary/aromatic N) is 3. The molecule has 33 heavy (non-hydrogen) atoms. The third-order valence-electron chi connectivity index (χ3n) is 5.58. The van der Waals surface area contributed by atoms with Crippen LogP contribution in [0.1, 0.15) is 29.3 Å². The highest BCUT2D eigenvalue weighted by molar-refractivity contribution is 5.79. The van der Waals surface area contributed by atoms with Gasteiger partial charge in [-0.1, -0.05) is 42.0 Å². The zero-order valence-corrected chi connectivity index (χ0v) is 19.5. The van der Waals surface area contributed by atoms with Crippen LogP contribution in [0, 0.1) is 6.92 Å². The van der Waals surface area contributed by atoms with E-state index in [4.69, 9.17) is 14.1 Å². The first-order valence-electron chi connectivity index (χ1n) is 11.6. The van der Waals surface area contributed by atoms with Gasteiger partial charge in [-0.25, -0.2) is 9.98 Å². The normalized spacial score (nSPS) is 14.9. The number of aromatic nitrogens is 1. The van der Waals surface area contributed by atoms with Gasteiger partial charge < -0.3 is 19.8 Å². The predicted molar refractivity (Wildman–Crippen MR) is 131 cm³/mol. The molecule has 1 aliphatic heterocycles. The number of ether oxygens (including phenoxy) is 1. The highest BCUT2D eigenvalue weighted by Crippen LogP contribution is 2.19. The highest BCUT2D eigenvalue weighted by atomic mass is 16.5. The standard InChI is InChI=1S/C26H33N5O2/c1-3-27-26(29-17-24-19-33-25(30-24)23-10-4-20(2)5-11-23)28-16-21-6-8-22(9-7-21)18-31-12-14-32-15-13-31/h4-11,19H,3,12-18H2,1-2H3,(H2,27,28,29). The van der Waals surface area contributed by atoms with Crippen LogP contribution in [0.4, 0.5) is 0 Å². The van der Waals surface area contributed by atoms with Crippen molar-refractivity contribution in [2.24, 2.45) is 4.99 Å². The monoisotopic (exact) mass is 447 g/mol. The number of benzene rings is 2. The number of guanidine groups is 1. The third-order valence-corrected chi connectivity index (χ3v) is 5.58. The first-order chi connectivity index (χ1) is 16.2. The average Bonchev–Trinajstić information content (AvgIpc) is 3.32. The molecular weight excluding hydrogens is 414 g/mol. The molecule has 1 aliphatic rings. The minimum absolute atomic E-state index is 0.541. The van der Waals surface area contributed by atoms with Crippen LogP contribution in [-0.2, 0) is 24.4 Å². The Bertz CT molecular complexity index is 1020. The molecule has 174 valence electrons. The largest absolute Gasteiger partial charge is 0.444 e. The summed E-state index contributed by atoms with van der Waals surface area (Å²) in [5.41, 5.74) is 5.53. The van der Waals surface area contributed by atoms with E-state index in [2.05, 4.69) is 70.8 Å². The number of aliphatic imine (C=N–C) groups is 1. The maximum Gasteiger partial charge on any atom is 0.226 e. The third kappa shape index (κ3) is 6.91. The molecule has 3 aromatic rings. The maximum atomic E-state index is 5.66. The van der Waals surface area contributed by atoms with E-state index >= 15 is 0 Å². The van der Waals surface area contributed by atoms with Gasteiger partial charge in [0.1, 0.15) is 6.26 Å². The van der Waals surface area contributed by atoms with E-state index in [0.29, 0.717) is 19.0 Å². The lowest BCUT2D eigenvalue weighted by Crippen LogP contribution is -2.36. The summed E-state index contributed by atoms with van der Waals surface area (Å²) in [7, 11) is 0. The second kappa shape index (κ2) is 11.6. The van der Waals surface area contributed by atoms with Crippen LogP contribution >= 0.6 is 0 Å². The fourth-order valence-electron chi connectivity index (χ4n) is 3.67. The molecule has 7 nitrogen and oxygen atoms in total. The Morgan fingerprint density at radius 3 is 2.45 bits per heavy atom. The number of rotatable bonds is 8. The Balaban J connectivity index is 1.30. The molecule has 0 atom stereocenters. The topological polar surface area (TPSA) is 74.9 Å². The quantitative estimate of drug-likeness (QED) is 0.405. The summed E-state index contributed by atoms with van der Waals surface area (Å²) < 4.78 is 11.1. The van der Waals surface area contributed by atoms with Crippen molar-refractivity contribution >= 4 is 5.96 Å². The lowest BCUT2D eigenvalue weighted by Gasteiger charge is -2.26. The summed E-state index contributed by atoms with van der Waals surface area (Å²) in [4.78, 5) is 11.8. The van der Waals surface area contributed by atoms with Crippen LogP contribution in [0.5, 0.6) is 0 Å². The molecule has 4 rings (SSSR count). The molecule has 0 unspecified atom stereocenters. The van der Waals surface area contributed by atoms with Gasteiger partial charge in [-0.3, -0.25) is 4.90 Å². The Kier molecular flexibility index (Phi) is 8.11. The first-order valence-corrected chi connectivity index (χ1v) is 11.6.